The van der Waals surface area contributed by atoms with Gasteiger partial charge in [0, 0.05) is 0 Å². The fourth-order valence-corrected chi connectivity index (χ4v) is 1.15. The smallest absolute Gasteiger partial charge is 0.231 e. The maximum Gasteiger partial charge on any atom is 0.231 e. The molecule has 0 saturated carbocycles. The summed E-state index contributed by atoms with van der Waals surface area (Å²) in [5.41, 5.74) is 6.24. The van der Waals surface area contributed by atoms with Gasteiger partial charge in [-0.2, -0.15) is 4.98 Å². The van der Waals surface area contributed by atoms with Gasteiger partial charge in [-0.1, -0.05) is 0 Å². The van der Waals surface area contributed by atoms with Crippen LogP contribution in [0.1, 0.15) is 5.69 Å². The van der Waals surface area contributed by atoms with E-state index in [1.165, 1.54) is 0 Å². The van der Waals surface area contributed by atoms with Crippen molar-refractivity contribution in [2.24, 2.45) is 0 Å². The Morgan fingerprint density at radius 3 is 2.64 bits per heavy atom. The summed E-state index contributed by atoms with van der Waals surface area (Å²) >= 11 is 2.12. The van der Waals surface area contributed by atoms with E-state index in [4.69, 9.17) is 10.5 Å². The highest BCUT2D eigenvalue weighted by molar-refractivity contribution is 14.1. The summed E-state index contributed by atoms with van der Waals surface area (Å²) in [6.45, 7) is 1.86. The highest BCUT2D eigenvalue weighted by Gasteiger charge is 2.06. The minimum Gasteiger partial charge on any atom is -0.480 e. The lowest BCUT2D eigenvalue weighted by molar-refractivity contribution is 0.393. The van der Waals surface area contributed by atoms with E-state index in [9.17, 15) is 0 Å². The molecule has 0 atom stereocenters. The van der Waals surface area contributed by atoms with Crippen LogP contribution in [0, 0.1) is 10.5 Å². The molecule has 0 bridgehead atoms. The summed E-state index contributed by atoms with van der Waals surface area (Å²) in [4.78, 5) is 7.85. The third kappa shape index (κ3) is 1.70. The molecule has 1 aromatic rings. The normalized spacial score (nSPS) is 9.73. The van der Waals surface area contributed by atoms with Crippen LogP contribution in [0.15, 0.2) is 0 Å². The van der Waals surface area contributed by atoms with Crippen molar-refractivity contribution in [2.75, 3.05) is 12.8 Å². The number of halogens is 1. The first kappa shape index (κ1) is 8.51. The van der Waals surface area contributed by atoms with Gasteiger partial charge in [-0.05, 0) is 29.5 Å². The minimum absolute atomic E-state index is 0.250. The molecule has 0 fully saturated rings. The predicted molar refractivity (Wildman–Crippen MR) is 50.5 cm³/mol. The zero-order chi connectivity index (χ0) is 8.43. The maximum atomic E-state index is 5.40. The van der Waals surface area contributed by atoms with Gasteiger partial charge in [-0.25, -0.2) is 4.98 Å². The number of aryl methyl sites for hydroxylation is 1. The second kappa shape index (κ2) is 3.21. The first-order valence-electron chi connectivity index (χ1n) is 2.98. The summed E-state index contributed by atoms with van der Waals surface area (Å²) in [6.07, 6.45) is 0. The molecule has 0 amide bonds. The highest BCUT2D eigenvalue weighted by atomic mass is 127. The van der Waals surface area contributed by atoms with Crippen LogP contribution in [0.2, 0.25) is 0 Å². The lowest BCUT2D eigenvalue weighted by atomic mass is 10.4. The topological polar surface area (TPSA) is 61.0 Å². The van der Waals surface area contributed by atoms with E-state index in [1.807, 2.05) is 6.92 Å². The monoisotopic (exact) mass is 265 g/mol. The van der Waals surface area contributed by atoms with E-state index in [2.05, 4.69) is 32.6 Å². The number of methoxy groups -OCH3 is 1. The van der Waals surface area contributed by atoms with Crippen molar-refractivity contribution in [1.82, 2.24) is 9.97 Å². The van der Waals surface area contributed by atoms with Gasteiger partial charge in [-0.15, -0.1) is 0 Å². The van der Waals surface area contributed by atoms with Crippen LogP contribution in [0.25, 0.3) is 0 Å². The molecule has 0 aliphatic heterocycles. The summed E-state index contributed by atoms with van der Waals surface area (Å²) in [5.74, 6) is 0.787. The summed E-state index contributed by atoms with van der Waals surface area (Å²) in [5, 5.41) is 0. The number of nitrogens with two attached hydrogens (primary N) is 1. The molecule has 0 aliphatic carbocycles. The second-order valence-electron chi connectivity index (χ2n) is 1.99. The molecule has 60 valence electrons. The molecule has 0 saturated heterocycles. The number of aromatic nitrogens is 2. The van der Waals surface area contributed by atoms with E-state index >= 15 is 0 Å². The van der Waals surface area contributed by atoms with Crippen molar-refractivity contribution < 1.29 is 4.74 Å². The van der Waals surface area contributed by atoms with Gasteiger partial charge in [0.05, 0.1) is 16.4 Å². The van der Waals surface area contributed by atoms with Gasteiger partial charge >= 0.3 is 0 Å². The molecular formula is C6H8IN3O. The Labute approximate surface area is 78.3 Å². The first-order valence-corrected chi connectivity index (χ1v) is 4.06. The Hall–Kier alpha value is -0.590. The number of nitrogens with zero attached hydrogens (tertiary/aromatic N) is 2. The van der Waals surface area contributed by atoms with Crippen LogP contribution in [0.3, 0.4) is 0 Å². The Kier molecular flexibility index (Phi) is 2.48. The number of rotatable bonds is 1. The van der Waals surface area contributed by atoms with E-state index in [0.717, 1.165) is 9.26 Å². The Balaban J connectivity index is 3.24. The molecule has 0 aliphatic rings. The molecule has 2 N–H and O–H groups in total. The molecule has 1 heterocycles. The highest BCUT2D eigenvalue weighted by Crippen LogP contribution is 2.20. The summed E-state index contributed by atoms with van der Waals surface area (Å²) in [6, 6.07) is 0. The molecule has 0 unspecified atom stereocenters. The number of hydrogen-bond acceptors (Lipinski definition) is 4. The van der Waals surface area contributed by atoms with Crippen molar-refractivity contribution in [2.45, 2.75) is 6.92 Å². The first-order chi connectivity index (χ1) is 5.15. The van der Waals surface area contributed by atoms with E-state index < -0.39 is 0 Å². The van der Waals surface area contributed by atoms with Crippen LogP contribution >= 0.6 is 22.6 Å². The molecule has 11 heavy (non-hydrogen) atoms. The largest absolute Gasteiger partial charge is 0.480 e. The number of nitrogen functional groups attached to an aromatic ring is 1. The SMILES string of the molecule is COc1nc(N)nc(C)c1I. The summed E-state index contributed by atoms with van der Waals surface area (Å²) < 4.78 is 5.87. The van der Waals surface area contributed by atoms with E-state index in [0.29, 0.717) is 5.88 Å². The molecule has 0 radical (unpaired) electrons. The van der Waals surface area contributed by atoms with Gasteiger partial charge in [-0.3, -0.25) is 0 Å². The number of ether oxygens (including phenoxy) is 1. The van der Waals surface area contributed by atoms with Crippen LogP contribution in [-0.4, -0.2) is 17.1 Å². The average Bonchev–Trinajstić information content (AvgIpc) is 1.96. The number of anilines is 1. The van der Waals surface area contributed by atoms with Crippen LogP contribution in [0.4, 0.5) is 5.95 Å². The van der Waals surface area contributed by atoms with Gasteiger partial charge in [0.15, 0.2) is 0 Å². The van der Waals surface area contributed by atoms with Crippen molar-refractivity contribution in [3.8, 4) is 5.88 Å². The maximum absolute atomic E-state index is 5.40. The van der Waals surface area contributed by atoms with Crippen LogP contribution < -0.4 is 10.5 Å². The van der Waals surface area contributed by atoms with Gasteiger partial charge in [0.2, 0.25) is 11.8 Å². The van der Waals surface area contributed by atoms with E-state index in [1.54, 1.807) is 7.11 Å². The Morgan fingerprint density at radius 2 is 2.09 bits per heavy atom. The summed E-state index contributed by atoms with van der Waals surface area (Å²) in [7, 11) is 1.56. The molecule has 1 aromatic heterocycles. The third-order valence-electron chi connectivity index (χ3n) is 1.20. The fraction of sp³-hybridized carbons (Fsp3) is 0.333. The van der Waals surface area contributed by atoms with Crippen molar-refractivity contribution in [3.63, 3.8) is 0 Å². The number of hydrogen-bond donors (Lipinski definition) is 1. The third-order valence-corrected chi connectivity index (χ3v) is 2.44. The van der Waals surface area contributed by atoms with Gasteiger partial charge in [0.25, 0.3) is 0 Å². The van der Waals surface area contributed by atoms with E-state index in [-0.39, 0.29) is 5.95 Å². The van der Waals surface area contributed by atoms with Crippen molar-refractivity contribution >= 4 is 28.5 Å². The second-order valence-corrected chi connectivity index (χ2v) is 3.07. The molecule has 1 rings (SSSR count). The molecule has 5 heteroatoms. The molecule has 0 aromatic carbocycles. The Morgan fingerprint density at radius 1 is 1.45 bits per heavy atom. The lowest BCUT2D eigenvalue weighted by Crippen LogP contribution is -2.02. The molecule has 4 nitrogen and oxygen atoms in total. The minimum atomic E-state index is 0.250. The van der Waals surface area contributed by atoms with Crippen molar-refractivity contribution in [3.05, 3.63) is 9.26 Å². The van der Waals surface area contributed by atoms with Crippen LogP contribution in [0.5, 0.6) is 5.88 Å². The fourth-order valence-electron chi connectivity index (χ4n) is 0.689. The predicted octanol–water partition coefficient (Wildman–Crippen LogP) is 0.980. The average molecular weight is 265 g/mol. The lowest BCUT2D eigenvalue weighted by Gasteiger charge is -2.04. The molecular weight excluding hydrogens is 257 g/mol. The zero-order valence-corrected chi connectivity index (χ0v) is 8.42. The Bertz CT molecular complexity index is 277. The van der Waals surface area contributed by atoms with Gasteiger partial charge in [0.1, 0.15) is 0 Å². The van der Waals surface area contributed by atoms with Gasteiger partial charge < -0.3 is 10.5 Å². The zero-order valence-electron chi connectivity index (χ0n) is 6.26. The van der Waals surface area contributed by atoms with Crippen molar-refractivity contribution in [1.29, 1.82) is 0 Å². The standard InChI is InChI=1S/C6H8IN3O/c1-3-4(7)5(11-2)10-6(8)9-3/h1-2H3,(H2,8,9,10). The van der Waals surface area contributed by atoms with Crippen LogP contribution in [-0.2, 0) is 0 Å². The molecule has 0 spiro atoms. The quantitative estimate of drug-likeness (QED) is 0.769.